The smallest absolute Gasteiger partial charge is 0.322 e. The van der Waals surface area contributed by atoms with E-state index < -0.39 is 5.82 Å². The lowest BCUT2D eigenvalue weighted by Gasteiger charge is -2.32. The number of halogens is 2. The first-order chi connectivity index (χ1) is 12.5. The number of hydrogen-bond donors (Lipinski definition) is 1. The highest BCUT2D eigenvalue weighted by Gasteiger charge is 2.26. The van der Waals surface area contributed by atoms with Gasteiger partial charge in [-0.25, -0.2) is 9.18 Å². The third-order valence-electron chi connectivity index (χ3n) is 3.78. The summed E-state index contributed by atoms with van der Waals surface area (Å²) >= 11 is 5.98. The van der Waals surface area contributed by atoms with Crippen LogP contribution in [0.4, 0.5) is 14.9 Å². The Morgan fingerprint density at radius 3 is 3.19 bits per heavy atom. The molecule has 2 amide bonds. The van der Waals surface area contributed by atoms with E-state index in [0.29, 0.717) is 37.8 Å². The van der Waals surface area contributed by atoms with Crippen molar-refractivity contribution >= 4 is 23.3 Å². The van der Waals surface area contributed by atoms with E-state index in [1.807, 2.05) is 0 Å². The van der Waals surface area contributed by atoms with Gasteiger partial charge in [-0.2, -0.15) is 4.98 Å². The molecule has 140 valence electrons. The lowest BCUT2D eigenvalue weighted by molar-refractivity contribution is -0.0148. The van der Waals surface area contributed by atoms with Gasteiger partial charge in [-0.05, 0) is 18.2 Å². The molecule has 1 atom stereocenters. The number of carbonyl (C=O) groups excluding carboxylic acids is 1. The quantitative estimate of drug-likeness (QED) is 0.851. The zero-order valence-electron chi connectivity index (χ0n) is 14.1. The van der Waals surface area contributed by atoms with Crippen LogP contribution in [0.2, 0.25) is 5.02 Å². The highest BCUT2D eigenvalue weighted by molar-refractivity contribution is 6.33. The van der Waals surface area contributed by atoms with Gasteiger partial charge >= 0.3 is 6.03 Å². The summed E-state index contributed by atoms with van der Waals surface area (Å²) in [6, 6.07) is 3.41. The summed E-state index contributed by atoms with van der Waals surface area (Å²) in [4.78, 5) is 18.2. The van der Waals surface area contributed by atoms with Crippen molar-refractivity contribution in [1.29, 1.82) is 0 Å². The topological polar surface area (TPSA) is 89.7 Å². The predicted molar refractivity (Wildman–Crippen MR) is 90.5 cm³/mol. The Balaban J connectivity index is 1.58. The Labute approximate surface area is 154 Å². The van der Waals surface area contributed by atoms with Crippen molar-refractivity contribution in [3.63, 3.8) is 0 Å². The number of urea groups is 1. The Morgan fingerprint density at radius 1 is 1.54 bits per heavy atom. The maximum atomic E-state index is 13.3. The number of nitrogens with one attached hydrogen (secondary N) is 1. The van der Waals surface area contributed by atoms with Crippen LogP contribution in [0.15, 0.2) is 22.7 Å². The van der Waals surface area contributed by atoms with E-state index in [-0.39, 0.29) is 29.5 Å². The average Bonchev–Trinajstić information content (AvgIpc) is 3.06. The number of carbonyl (C=O) groups is 1. The number of amides is 2. The third-order valence-corrected chi connectivity index (χ3v) is 4.11. The molecule has 2 aromatic rings. The van der Waals surface area contributed by atoms with E-state index in [9.17, 15) is 9.18 Å². The molecule has 10 heteroatoms. The summed E-state index contributed by atoms with van der Waals surface area (Å²) in [7, 11) is 1.54. The third kappa shape index (κ3) is 4.69. The second-order valence-corrected chi connectivity index (χ2v) is 6.14. The van der Waals surface area contributed by atoms with E-state index in [0.717, 1.165) is 0 Å². The number of ether oxygens (including phenoxy) is 2. The predicted octanol–water partition coefficient (Wildman–Crippen LogP) is 2.48. The lowest BCUT2D eigenvalue weighted by Crippen LogP contribution is -2.48. The first-order valence-electron chi connectivity index (χ1n) is 7.98. The highest BCUT2D eigenvalue weighted by Crippen LogP contribution is 2.23. The van der Waals surface area contributed by atoms with Crippen LogP contribution < -0.4 is 5.32 Å². The first kappa shape index (κ1) is 18.6. The maximum Gasteiger partial charge on any atom is 0.322 e. The van der Waals surface area contributed by atoms with Crippen molar-refractivity contribution < 1.29 is 23.2 Å². The fraction of sp³-hybridized carbons (Fsp3) is 0.438. The number of methoxy groups -OCH3 is 1. The van der Waals surface area contributed by atoms with Gasteiger partial charge in [0, 0.05) is 20.2 Å². The fourth-order valence-corrected chi connectivity index (χ4v) is 2.74. The lowest BCUT2D eigenvalue weighted by atomic mass is 10.2. The summed E-state index contributed by atoms with van der Waals surface area (Å²) in [5, 5.41) is 6.67. The molecule has 1 saturated heterocycles. The van der Waals surface area contributed by atoms with Crippen molar-refractivity contribution in [3.05, 3.63) is 40.8 Å². The molecule has 26 heavy (non-hydrogen) atoms. The normalized spacial score (nSPS) is 17.3. The van der Waals surface area contributed by atoms with Crippen LogP contribution in [-0.2, 0) is 22.5 Å². The molecule has 8 nitrogen and oxygen atoms in total. The van der Waals surface area contributed by atoms with Crippen LogP contribution in [-0.4, -0.2) is 54.0 Å². The van der Waals surface area contributed by atoms with Gasteiger partial charge in [0.1, 0.15) is 12.4 Å². The van der Waals surface area contributed by atoms with Gasteiger partial charge in [-0.3, -0.25) is 0 Å². The number of morpholine rings is 1. The molecule has 1 aliphatic rings. The number of anilines is 1. The van der Waals surface area contributed by atoms with E-state index in [4.69, 9.17) is 25.6 Å². The minimum absolute atomic E-state index is 0.223. The minimum Gasteiger partial charge on any atom is -0.377 e. The molecule has 1 fully saturated rings. The van der Waals surface area contributed by atoms with Crippen molar-refractivity contribution in [2.24, 2.45) is 0 Å². The van der Waals surface area contributed by atoms with Gasteiger partial charge in [0.15, 0.2) is 5.82 Å². The molecule has 0 unspecified atom stereocenters. The standard InChI is InChI=1S/C16H18ClFN4O4/c1-24-9-14-20-15(26-21-14)7-11-8-22(4-5-25-11)16(23)19-13-6-10(18)2-3-12(13)17/h2-3,6,11H,4-5,7-9H2,1H3,(H,19,23)/t11-/m0/s1. The van der Waals surface area contributed by atoms with Gasteiger partial charge in [-0.15, -0.1) is 0 Å². The molecule has 2 heterocycles. The molecule has 1 N–H and O–H groups in total. The average molecular weight is 385 g/mol. The maximum absolute atomic E-state index is 13.3. The molecule has 0 bridgehead atoms. The molecule has 0 spiro atoms. The van der Waals surface area contributed by atoms with E-state index in [1.165, 1.54) is 18.2 Å². The van der Waals surface area contributed by atoms with Crippen LogP contribution in [0.3, 0.4) is 0 Å². The summed E-state index contributed by atoms with van der Waals surface area (Å²) in [5.74, 6) is 0.388. The van der Waals surface area contributed by atoms with Crippen molar-refractivity contribution in [2.45, 2.75) is 19.1 Å². The van der Waals surface area contributed by atoms with Gasteiger partial charge in [0.25, 0.3) is 0 Å². The van der Waals surface area contributed by atoms with Gasteiger partial charge in [-0.1, -0.05) is 16.8 Å². The van der Waals surface area contributed by atoms with E-state index >= 15 is 0 Å². The Kier molecular flexibility index (Phi) is 6.02. The zero-order valence-corrected chi connectivity index (χ0v) is 14.8. The highest BCUT2D eigenvalue weighted by atomic mass is 35.5. The second-order valence-electron chi connectivity index (χ2n) is 5.73. The Hall–Kier alpha value is -2.23. The first-order valence-corrected chi connectivity index (χ1v) is 8.36. The van der Waals surface area contributed by atoms with Crippen LogP contribution >= 0.6 is 11.6 Å². The SMILES string of the molecule is COCc1noc(C[C@H]2CN(C(=O)Nc3cc(F)ccc3Cl)CCO2)n1. The number of rotatable bonds is 5. The fourth-order valence-electron chi connectivity index (χ4n) is 2.57. The van der Waals surface area contributed by atoms with Gasteiger partial charge in [0.2, 0.25) is 5.89 Å². The van der Waals surface area contributed by atoms with Gasteiger partial charge in [0.05, 0.1) is 29.8 Å². The largest absolute Gasteiger partial charge is 0.377 e. The summed E-state index contributed by atoms with van der Waals surface area (Å²) < 4.78 is 29.1. The van der Waals surface area contributed by atoms with Crippen LogP contribution in [0, 0.1) is 5.82 Å². The summed E-state index contributed by atoms with van der Waals surface area (Å²) in [6.07, 6.45) is 0.0922. The number of nitrogens with zero attached hydrogens (tertiary/aromatic N) is 3. The summed E-state index contributed by atoms with van der Waals surface area (Å²) in [5.41, 5.74) is 0.223. The molecule has 3 rings (SSSR count). The Morgan fingerprint density at radius 2 is 2.38 bits per heavy atom. The van der Waals surface area contributed by atoms with Gasteiger partial charge < -0.3 is 24.2 Å². The molecule has 0 radical (unpaired) electrons. The van der Waals surface area contributed by atoms with Crippen molar-refractivity contribution in [2.75, 3.05) is 32.1 Å². The molecule has 0 saturated carbocycles. The number of hydrogen-bond acceptors (Lipinski definition) is 6. The van der Waals surface area contributed by atoms with Crippen LogP contribution in [0.1, 0.15) is 11.7 Å². The molecule has 1 aromatic carbocycles. The molecule has 1 aromatic heterocycles. The summed E-state index contributed by atoms with van der Waals surface area (Å²) in [6.45, 7) is 1.38. The second kappa shape index (κ2) is 8.43. The molecular weight excluding hydrogens is 367 g/mol. The molecule has 1 aliphatic heterocycles. The molecule has 0 aliphatic carbocycles. The monoisotopic (exact) mass is 384 g/mol. The minimum atomic E-state index is -0.479. The van der Waals surface area contributed by atoms with E-state index in [1.54, 1.807) is 12.0 Å². The van der Waals surface area contributed by atoms with E-state index in [2.05, 4.69) is 15.5 Å². The van der Waals surface area contributed by atoms with Crippen molar-refractivity contribution in [1.82, 2.24) is 15.0 Å². The Bertz CT molecular complexity index is 772. The zero-order chi connectivity index (χ0) is 18.5. The van der Waals surface area contributed by atoms with Crippen LogP contribution in [0.5, 0.6) is 0 Å². The van der Waals surface area contributed by atoms with Crippen molar-refractivity contribution in [3.8, 4) is 0 Å². The number of benzene rings is 1. The molecular formula is C16H18ClFN4O4. The number of aromatic nitrogens is 2. The van der Waals surface area contributed by atoms with Crippen LogP contribution in [0.25, 0.3) is 0 Å².